The quantitative estimate of drug-likeness (QED) is 0.293. The fourth-order valence-corrected chi connectivity index (χ4v) is 4.00. The molecule has 2 aromatic rings. The Bertz CT molecular complexity index is 878. The van der Waals surface area contributed by atoms with Crippen molar-refractivity contribution < 1.29 is 19.1 Å². The van der Waals surface area contributed by atoms with Crippen LogP contribution < -0.4 is 5.32 Å². The summed E-state index contributed by atoms with van der Waals surface area (Å²) in [5.74, 6) is 0.431. The summed E-state index contributed by atoms with van der Waals surface area (Å²) in [7, 11) is 0. The number of amides is 1. The average molecular weight is 444 g/mol. The highest BCUT2D eigenvalue weighted by atomic mass is 32.1. The first-order chi connectivity index (χ1) is 14.6. The van der Waals surface area contributed by atoms with Crippen molar-refractivity contribution in [1.82, 2.24) is 0 Å². The van der Waals surface area contributed by atoms with Crippen LogP contribution in [0.1, 0.15) is 82.3 Å². The molecule has 0 bridgehead atoms. The number of thiophene rings is 1. The zero-order chi connectivity index (χ0) is 22.9. The molecule has 1 N–H and O–H groups in total. The van der Waals surface area contributed by atoms with Gasteiger partial charge in [0.05, 0.1) is 4.88 Å². The molecule has 5 nitrogen and oxygen atoms in total. The predicted molar refractivity (Wildman–Crippen MR) is 127 cm³/mol. The van der Waals surface area contributed by atoms with Gasteiger partial charge in [0.1, 0.15) is 11.4 Å². The lowest BCUT2D eigenvalue weighted by Gasteiger charge is -2.19. The highest BCUT2D eigenvalue weighted by molar-refractivity contribution is 7.12. The van der Waals surface area contributed by atoms with Gasteiger partial charge in [-0.05, 0) is 75.2 Å². The third-order valence-corrected chi connectivity index (χ3v) is 5.64. The number of carbonyl (C=O) groups is 3. The Kier molecular flexibility index (Phi) is 9.44. The molecular weight excluding hydrogens is 410 g/mol. The molecule has 2 rings (SSSR count). The van der Waals surface area contributed by atoms with Crippen LogP contribution in [0.5, 0.6) is 0 Å². The third kappa shape index (κ3) is 9.47. The second-order valence-corrected chi connectivity index (χ2v) is 9.71. The smallest absolute Gasteiger partial charge is 0.412 e. The van der Waals surface area contributed by atoms with Crippen molar-refractivity contribution >= 4 is 34.7 Å². The molecular formula is C25H33NO4S. The Morgan fingerprint density at radius 2 is 1.52 bits per heavy atom. The molecule has 0 fully saturated rings. The van der Waals surface area contributed by atoms with Crippen LogP contribution in [0.15, 0.2) is 35.7 Å². The van der Waals surface area contributed by atoms with Crippen molar-refractivity contribution in [3.05, 3.63) is 40.6 Å². The number of hydrogen-bond donors (Lipinski definition) is 1. The van der Waals surface area contributed by atoms with Gasteiger partial charge in [0.25, 0.3) is 0 Å². The van der Waals surface area contributed by atoms with E-state index in [4.69, 9.17) is 4.74 Å². The number of nitrogens with one attached hydrogen (secondary N) is 1. The predicted octanol–water partition coefficient (Wildman–Crippen LogP) is 7.26. The lowest BCUT2D eigenvalue weighted by Crippen LogP contribution is -2.27. The van der Waals surface area contributed by atoms with Crippen LogP contribution in [-0.2, 0) is 9.53 Å². The molecule has 0 atom stereocenters. The zero-order valence-electron chi connectivity index (χ0n) is 19.0. The summed E-state index contributed by atoms with van der Waals surface area (Å²) < 4.78 is 5.26. The number of Topliss-reactive ketones (excluding diaryl/α,β-unsaturated/α-hetero) is 2. The molecule has 0 saturated carbocycles. The maximum absolute atomic E-state index is 12.5. The van der Waals surface area contributed by atoms with Crippen LogP contribution in [0.2, 0.25) is 0 Å². The van der Waals surface area contributed by atoms with Crippen LogP contribution in [0.25, 0.3) is 11.1 Å². The van der Waals surface area contributed by atoms with Crippen molar-refractivity contribution in [3.63, 3.8) is 0 Å². The molecule has 0 saturated heterocycles. The van der Waals surface area contributed by atoms with E-state index in [1.54, 1.807) is 6.92 Å². The summed E-state index contributed by atoms with van der Waals surface area (Å²) in [5, 5.41) is 4.71. The molecule has 31 heavy (non-hydrogen) atoms. The first kappa shape index (κ1) is 24.8. The van der Waals surface area contributed by atoms with Gasteiger partial charge in [-0.25, -0.2) is 4.79 Å². The standard InChI is InChI=1S/C25H33NO4S/c1-18(27)10-8-6-5-7-9-11-22(28)23-16-20(17-31-23)19-12-14-21(15-13-19)26-24(29)30-25(2,3)4/h12-17H,5-11H2,1-4H3,(H,26,29). The monoisotopic (exact) mass is 443 g/mol. The van der Waals surface area contributed by atoms with Crippen LogP contribution in [0.3, 0.4) is 0 Å². The Morgan fingerprint density at radius 3 is 2.13 bits per heavy atom. The Labute approximate surface area is 189 Å². The minimum atomic E-state index is -0.543. The lowest BCUT2D eigenvalue weighted by atomic mass is 10.0. The molecule has 0 aliphatic rings. The molecule has 0 spiro atoms. The summed E-state index contributed by atoms with van der Waals surface area (Å²) >= 11 is 1.47. The Balaban J connectivity index is 1.80. The molecule has 1 amide bonds. The van der Waals surface area contributed by atoms with Crippen molar-refractivity contribution in [2.45, 2.75) is 78.2 Å². The molecule has 6 heteroatoms. The molecule has 0 radical (unpaired) electrons. The minimum absolute atomic E-state index is 0.184. The van der Waals surface area contributed by atoms with Crippen molar-refractivity contribution in [2.24, 2.45) is 0 Å². The molecule has 1 aromatic heterocycles. The van der Waals surface area contributed by atoms with Gasteiger partial charge in [-0.3, -0.25) is 10.1 Å². The topological polar surface area (TPSA) is 72.5 Å². The van der Waals surface area contributed by atoms with Gasteiger partial charge in [-0.15, -0.1) is 11.3 Å². The van der Waals surface area contributed by atoms with E-state index < -0.39 is 11.7 Å². The first-order valence-electron chi connectivity index (χ1n) is 10.9. The van der Waals surface area contributed by atoms with Gasteiger partial charge in [0.2, 0.25) is 0 Å². The summed E-state index contributed by atoms with van der Waals surface area (Å²) in [6.45, 7) is 7.09. The SMILES string of the molecule is CC(=O)CCCCCCCC(=O)c1cc(-c2ccc(NC(=O)OC(C)(C)C)cc2)cs1. The largest absolute Gasteiger partial charge is 0.444 e. The summed E-state index contributed by atoms with van der Waals surface area (Å²) in [6.07, 6.45) is 5.72. The van der Waals surface area contributed by atoms with E-state index in [9.17, 15) is 14.4 Å². The van der Waals surface area contributed by atoms with Crippen LogP contribution in [0.4, 0.5) is 10.5 Å². The van der Waals surface area contributed by atoms with Gasteiger partial charge < -0.3 is 9.53 Å². The fraction of sp³-hybridized carbons (Fsp3) is 0.480. The molecule has 0 unspecified atom stereocenters. The number of rotatable bonds is 11. The molecule has 1 heterocycles. The van der Waals surface area contributed by atoms with E-state index in [2.05, 4.69) is 5.32 Å². The van der Waals surface area contributed by atoms with Crippen molar-refractivity contribution in [2.75, 3.05) is 5.32 Å². The second kappa shape index (κ2) is 11.8. The minimum Gasteiger partial charge on any atom is -0.444 e. The van der Waals surface area contributed by atoms with Crippen molar-refractivity contribution in [1.29, 1.82) is 0 Å². The summed E-state index contributed by atoms with van der Waals surface area (Å²) in [6, 6.07) is 9.43. The second-order valence-electron chi connectivity index (χ2n) is 8.80. The maximum Gasteiger partial charge on any atom is 0.412 e. The molecule has 0 aliphatic heterocycles. The number of ether oxygens (including phenoxy) is 1. The molecule has 0 aliphatic carbocycles. The van der Waals surface area contributed by atoms with Crippen LogP contribution in [0, 0.1) is 0 Å². The maximum atomic E-state index is 12.5. The van der Waals surface area contributed by atoms with E-state index in [-0.39, 0.29) is 11.6 Å². The van der Waals surface area contributed by atoms with Gasteiger partial charge in [-0.2, -0.15) is 0 Å². The number of anilines is 1. The molecule has 1 aromatic carbocycles. The van der Waals surface area contributed by atoms with Gasteiger partial charge in [0.15, 0.2) is 5.78 Å². The number of hydrogen-bond acceptors (Lipinski definition) is 5. The lowest BCUT2D eigenvalue weighted by molar-refractivity contribution is -0.117. The van der Waals surface area contributed by atoms with Crippen LogP contribution in [-0.4, -0.2) is 23.3 Å². The average Bonchev–Trinajstić information content (AvgIpc) is 3.16. The van der Waals surface area contributed by atoms with Crippen molar-refractivity contribution in [3.8, 4) is 11.1 Å². The number of carbonyl (C=O) groups excluding carboxylic acids is 3. The highest BCUT2D eigenvalue weighted by Gasteiger charge is 2.16. The van der Waals surface area contributed by atoms with E-state index in [0.717, 1.165) is 48.1 Å². The van der Waals surface area contributed by atoms with E-state index >= 15 is 0 Å². The van der Waals surface area contributed by atoms with Gasteiger partial charge in [-0.1, -0.05) is 31.4 Å². The normalized spacial score (nSPS) is 11.2. The summed E-state index contributed by atoms with van der Waals surface area (Å²) in [4.78, 5) is 36.0. The zero-order valence-corrected chi connectivity index (χ0v) is 19.8. The van der Waals surface area contributed by atoms with E-state index in [1.807, 2.05) is 56.5 Å². The molecule has 168 valence electrons. The van der Waals surface area contributed by atoms with Gasteiger partial charge >= 0.3 is 6.09 Å². The van der Waals surface area contributed by atoms with E-state index in [1.165, 1.54) is 11.3 Å². The van der Waals surface area contributed by atoms with Gasteiger partial charge in [0, 0.05) is 18.5 Å². The number of benzene rings is 1. The highest BCUT2D eigenvalue weighted by Crippen LogP contribution is 2.28. The Hall–Kier alpha value is -2.47. The number of ketones is 2. The number of unbranched alkanes of at least 4 members (excludes halogenated alkanes) is 4. The fourth-order valence-electron chi connectivity index (χ4n) is 3.11. The van der Waals surface area contributed by atoms with Crippen LogP contribution >= 0.6 is 11.3 Å². The third-order valence-electron chi connectivity index (χ3n) is 4.67. The first-order valence-corrected chi connectivity index (χ1v) is 11.7. The Morgan fingerprint density at radius 1 is 0.903 bits per heavy atom. The van der Waals surface area contributed by atoms with E-state index in [0.29, 0.717) is 18.5 Å². The summed E-state index contributed by atoms with van der Waals surface area (Å²) in [5.41, 5.74) is 2.11.